The minimum absolute atomic E-state index is 0.195. The van der Waals surface area contributed by atoms with Crippen LogP contribution in [0.3, 0.4) is 0 Å². The molecule has 0 aliphatic carbocycles. The van der Waals surface area contributed by atoms with Crippen LogP contribution in [-0.2, 0) is 4.74 Å². The molecule has 0 aliphatic rings. The summed E-state index contributed by atoms with van der Waals surface area (Å²) >= 11 is 11.9. The van der Waals surface area contributed by atoms with Gasteiger partial charge in [0.1, 0.15) is 5.75 Å². The van der Waals surface area contributed by atoms with E-state index in [1.54, 1.807) is 32.4 Å². The summed E-state index contributed by atoms with van der Waals surface area (Å²) in [7, 11) is 3.41. The Bertz CT molecular complexity index is 484. The smallest absolute Gasteiger partial charge is 0.191 e. The first kappa shape index (κ1) is 18.9. The third kappa shape index (κ3) is 7.20. The van der Waals surface area contributed by atoms with Crippen LogP contribution >= 0.6 is 23.2 Å². The van der Waals surface area contributed by atoms with Crippen molar-refractivity contribution in [3.8, 4) is 5.75 Å². The molecule has 0 bridgehead atoms. The Kier molecular flexibility index (Phi) is 9.04. The van der Waals surface area contributed by atoms with E-state index in [9.17, 15) is 0 Å². The van der Waals surface area contributed by atoms with Crippen LogP contribution in [0.1, 0.15) is 13.3 Å². The Hall–Kier alpha value is -1.17. The van der Waals surface area contributed by atoms with Crippen LogP contribution in [0.2, 0.25) is 10.0 Å². The fourth-order valence-electron chi connectivity index (χ4n) is 1.77. The molecule has 5 nitrogen and oxygen atoms in total. The van der Waals surface area contributed by atoms with Gasteiger partial charge in [-0.25, -0.2) is 0 Å². The molecule has 0 amide bonds. The lowest BCUT2D eigenvalue weighted by Crippen LogP contribution is -2.44. The van der Waals surface area contributed by atoms with Crippen molar-refractivity contribution in [2.24, 2.45) is 4.99 Å². The number of rotatable bonds is 8. The predicted octanol–water partition coefficient (Wildman–Crippen LogP) is 2.96. The molecular formula is C15H23Cl2N3O2. The predicted molar refractivity (Wildman–Crippen MR) is 92.4 cm³/mol. The van der Waals surface area contributed by atoms with Crippen molar-refractivity contribution in [2.45, 2.75) is 19.4 Å². The molecule has 0 saturated carbocycles. The van der Waals surface area contributed by atoms with E-state index in [1.165, 1.54) is 0 Å². The lowest BCUT2D eigenvalue weighted by atomic mass is 10.3. The van der Waals surface area contributed by atoms with Gasteiger partial charge in [-0.05, 0) is 31.5 Å². The molecule has 1 unspecified atom stereocenters. The fourth-order valence-corrected chi connectivity index (χ4v) is 2.24. The molecule has 124 valence electrons. The normalized spacial score (nSPS) is 12.9. The van der Waals surface area contributed by atoms with Gasteiger partial charge in [0.15, 0.2) is 5.96 Å². The average Bonchev–Trinajstić information content (AvgIpc) is 2.47. The Morgan fingerprint density at radius 2 is 2.14 bits per heavy atom. The van der Waals surface area contributed by atoms with Gasteiger partial charge in [0.25, 0.3) is 0 Å². The molecular weight excluding hydrogens is 325 g/mol. The average molecular weight is 348 g/mol. The maximum atomic E-state index is 6.04. The monoisotopic (exact) mass is 347 g/mol. The lowest BCUT2D eigenvalue weighted by Gasteiger charge is -2.17. The summed E-state index contributed by atoms with van der Waals surface area (Å²) in [5.74, 6) is 1.39. The van der Waals surface area contributed by atoms with Gasteiger partial charge < -0.3 is 20.1 Å². The minimum atomic E-state index is 0.195. The molecule has 0 aliphatic heterocycles. The summed E-state index contributed by atoms with van der Waals surface area (Å²) in [5, 5.41) is 7.56. The first-order valence-corrected chi connectivity index (χ1v) is 7.86. The number of ether oxygens (including phenoxy) is 2. The number of nitrogens with zero attached hydrogens (tertiary/aromatic N) is 1. The van der Waals surface area contributed by atoms with E-state index < -0.39 is 0 Å². The Morgan fingerprint density at radius 1 is 1.36 bits per heavy atom. The van der Waals surface area contributed by atoms with Crippen molar-refractivity contribution in [3.63, 3.8) is 0 Å². The van der Waals surface area contributed by atoms with Crippen LogP contribution in [0.15, 0.2) is 23.2 Å². The second-order valence-electron chi connectivity index (χ2n) is 4.78. The Morgan fingerprint density at radius 3 is 2.77 bits per heavy atom. The molecule has 1 rings (SSSR count). The van der Waals surface area contributed by atoms with Gasteiger partial charge in [-0.1, -0.05) is 23.2 Å². The van der Waals surface area contributed by atoms with Crippen molar-refractivity contribution >= 4 is 29.2 Å². The van der Waals surface area contributed by atoms with Gasteiger partial charge >= 0.3 is 0 Å². The molecule has 0 fully saturated rings. The molecule has 1 aromatic carbocycles. The minimum Gasteiger partial charge on any atom is -0.492 e. The highest BCUT2D eigenvalue weighted by molar-refractivity contribution is 6.35. The van der Waals surface area contributed by atoms with Gasteiger partial charge in [0.05, 0.1) is 18.2 Å². The van der Waals surface area contributed by atoms with E-state index in [1.807, 2.05) is 6.92 Å². The second-order valence-corrected chi connectivity index (χ2v) is 5.62. The van der Waals surface area contributed by atoms with Gasteiger partial charge in [0.2, 0.25) is 0 Å². The third-order valence-corrected chi connectivity index (χ3v) is 3.32. The lowest BCUT2D eigenvalue weighted by molar-refractivity contribution is 0.179. The van der Waals surface area contributed by atoms with E-state index in [-0.39, 0.29) is 6.04 Å². The topological polar surface area (TPSA) is 54.9 Å². The number of halogens is 2. The second kappa shape index (κ2) is 10.5. The summed E-state index contributed by atoms with van der Waals surface area (Å²) < 4.78 is 10.7. The Balaban J connectivity index is 2.24. The highest BCUT2D eigenvalue weighted by Crippen LogP contribution is 2.27. The zero-order chi connectivity index (χ0) is 16.4. The molecule has 1 aromatic rings. The SMILES string of the molecule is CN=C(NCCCOc1ccc(Cl)cc1Cl)NC(C)COC. The van der Waals surface area contributed by atoms with Gasteiger partial charge in [-0.3, -0.25) is 4.99 Å². The quantitative estimate of drug-likeness (QED) is 0.431. The van der Waals surface area contributed by atoms with E-state index >= 15 is 0 Å². The van der Waals surface area contributed by atoms with Crippen LogP contribution in [0, 0.1) is 0 Å². The number of benzene rings is 1. The van der Waals surface area contributed by atoms with Crippen LogP contribution in [-0.4, -0.2) is 45.9 Å². The molecule has 0 spiro atoms. The molecule has 0 aromatic heterocycles. The zero-order valence-electron chi connectivity index (χ0n) is 13.2. The first-order chi connectivity index (χ1) is 10.6. The molecule has 2 N–H and O–H groups in total. The summed E-state index contributed by atoms with van der Waals surface area (Å²) in [5.41, 5.74) is 0. The van der Waals surface area contributed by atoms with Crippen molar-refractivity contribution in [3.05, 3.63) is 28.2 Å². The summed E-state index contributed by atoms with van der Waals surface area (Å²) in [6, 6.07) is 5.38. The number of guanidine groups is 1. The molecule has 1 atom stereocenters. The zero-order valence-corrected chi connectivity index (χ0v) is 14.7. The van der Waals surface area contributed by atoms with Crippen LogP contribution in [0.4, 0.5) is 0 Å². The third-order valence-electron chi connectivity index (χ3n) is 2.79. The summed E-state index contributed by atoms with van der Waals surface area (Å²) in [4.78, 5) is 4.15. The van der Waals surface area contributed by atoms with E-state index in [0.717, 1.165) is 18.9 Å². The first-order valence-electron chi connectivity index (χ1n) is 7.10. The van der Waals surface area contributed by atoms with Crippen LogP contribution < -0.4 is 15.4 Å². The van der Waals surface area contributed by atoms with Crippen molar-refractivity contribution in [1.29, 1.82) is 0 Å². The largest absolute Gasteiger partial charge is 0.492 e. The maximum Gasteiger partial charge on any atom is 0.191 e. The molecule has 7 heteroatoms. The molecule has 0 saturated heterocycles. The van der Waals surface area contributed by atoms with Crippen LogP contribution in [0.5, 0.6) is 5.75 Å². The van der Waals surface area contributed by atoms with Crippen molar-refractivity contribution in [2.75, 3.05) is 33.9 Å². The van der Waals surface area contributed by atoms with Gasteiger partial charge in [-0.2, -0.15) is 0 Å². The summed E-state index contributed by atoms with van der Waals surface area (Å²) in [6.07, 6.45) is 0.818. The summed E-state index contributed by atoms with van der Waals surface area (Å²) in [6.45, 7) is 3.95. The maximum absolute atomic E-state index is 6.04. The Labute approximate surface area is 142 Å². The van der Waals surface area contributed by atoms with E-state index in [2.05, 4.69) is 15.6 Å². The number of nitrogens with one attached hydrogen (secondary N) is 2. The number of hydrogen-bond donors (Lipinski definition) is 2. The van der Waals surface area contributed by atoms with Crippen LogP contribution in [0.25, 0.3) is 0 Å². The highest BCUT2D eigenvalue weighted by Gasteiger charge is 2.05. The van der Waals surface area contributed by atoms with Crippen molar-refractivity contribution < 1.29 is 9.47 Å². The van der Waals surface area contributed by atoms with Crippen molar-refractivity contribution in [1.82, 2.24) is 10.6 Å². The molecule has 0 heterocycles. The molecule has 0 radical (unpaired) electrons. The van der Waals surface area contributed by atoms with Gasteiger partial charge in [0, 0.05) is 31.8 Å². The van der Waals surface area contributed by atoms with E-state index in [0.29, 0.717) is 29.0 Å². The van der Waals surface area contributed by atoms with Gasteiger partial charge in [-0.15, -0.1) is 0 Å². The fraction of sp³-hybridized carbons (Fsp3) is 0.533. The highest BCUT2D eigenvalue weighted by atomic mass is 35.5. The number of aliphatic imine (C=N–C) groups is 1. The molecule has 22 heavy (non-hydrogen) atoms. The number of methoxy groups -OCH3 is 1. The number of hydrogen-bond acceptors (Lipinski definition) is 3. The van der Waals surface area contributed by atoms with E-state index in [4.69, 9.17) is 32.7 Å². The standard InChI is InChI=1S/C15H23Cl2N3O2/c1-11(10-21-3)20-15(18-2)19-7-4-8-22-14-6-5-12(16)9-13(14)17/h5-6,9,11H,4,7-8,10H2,1-3H3,(H2,18,19,20).